The lowest BCUT2D eigenvalue weighted by Gasteiger charge is -2.52. The van der Waals surface area contributed by atoms with E-state index in [2.05, 4.69) is 0 Å². The molecule has 2 heterocycles. The Morgan fingerprint density at radius 1 is 1.25 bits per heavy atom. The van der Waals surface area contributed by atoms with Gasteiger partial charge in [-0.3, -0.25) is 0 Å². The van der Waals surface area contributed by atoms with Crippen LogP contribution < -0.4 is 0 Å². The van der Waals surface area contributed by atoms with Gasteiger partial charge in [0.1, 0.15) is 17.8 Å². The summed E-state index contributed by atoms with van der Waals surface area (Å²) in [6.07, 6.45) is 0.394. The monoisotopic (exact) mass is 228 g/mol. The van der Waals surface area contributed by atoms with Gasteiger partial charge in [-0.25, -0.2) is 0 Å². The number of aliphatic hydroxyl groups is 2. The van der Waals surface area contributed by atoms with Gasteiger partial charge in [0, 0.05) is 5.41 Å². The van der Waals surface area contributed by atoms with Gasteiger partial charge in [0.25, 0.3) is 0 Å². The van der Waals surface area contributed by atoms with Crippen molar-refractivity contribution < 1.29 is 19.7 Å². The molecule has 0 amide bonds. The van der Waals surface area contributed by atoms with Crippen molar-refractivity contribution in [1.82, 2.24) is 0 Å². The summed E-state index contributed by atoms with van der Waals surface area (Å²) >= 11 is 0. The van der Waals surface area contributed by atoms with Gasteiger partial charge in [-0.15, -0.1) is 0 Å². The number of ether oxygens (including phenoxy) is 2. The van der Waals surface area contributed by atoms with Crippen molar-refractivity contribution in [2.75, 3.05) is 0 Å². The largest absolute Gasteiger partial charge is 0.390 e. The molecule has 2 aliphatic heterocycles. The Balaban J connectivity index is 1.97. The highest BCUT2D eigenvalue weighted by Gasteiger charge is 2.71. The third-order valence-corrected chi connectivity index (χ3v) is 4.54. The lowest BCUT2D eigenvalue weighted by atomic mass is 9.63. The van der Waals surface area contributed by atoms with Crippen LogP contribution in [-0.4, -0.2) is 46.3 Å². The SMILES string of the molecule is C[C@@H]1CC[C@]2(O)[C@H]3O[C@H]3[C@H](O)C(C)(C)[C@@H]2O1. The van der Waals surface area contributed by atoms with Crippen molar-refractivity contribution in [2.24, 2.45) is 5.41 Å². The molecule has 4 heteroatoms. The van der Waals surface area contributed by atoms with Crippen LogP contribution in [0.3, 0.4) is 0 Å². The Kier molecular flexibility index (Phi) is 2.05. The Bertz CT molecular complexity index is 316. The Morgan fingerprint density at radius 2 is 1.94 bits per heavy atom. The molecule has 0 aromatic heterocycles. The summed E-state index contributed by atoms with van der Waals surface area (Å²) in [6, 6.07) is 0. The van der Waals surface area contributed by atoms with Crippen molar-refractivity contribution >= 4 is 0 Å². The normalized spacial score (nSPS) is 58.7. The molecular formula is C12H20O4. The van der Waals surface area contributed by atoms with Crippen molar-refractivity contribution in [3.05, 3.63) is 0 Å². The van der Waals surface area contributed by atoms with Crippen LogP contribution in [-0.2, 0) is 9.47 Å². The van der Waals surface area contributed by atoms with Crippen LogP contribution in [0, 0.1) is 5.41 Å². The maximum atomic E-state index is 10.7. The first kappa shape index (κ1) is 11.0. The van der Waals surface area contributed by atoms with Gasteiger partial charge < -0.3 is 19.7 Å². The first-order valence-electron chi connectivity index (χ1n) is 6.09. The van der Waals surface area contributed by atoms with E-state index in [9.17, 15) is 10.2 Å². The molecule has 0 bridgehead atoms. The first-order valence-corrected chi connectivity index (χ1v) is 6.09. The van der Waals surface area contributed by atoms with E-state index >= 15 is 0 Å². The molecule has 0 radical (unpaired) electrons. The topological polar surface area (TPSA) is 62.2 Å². The molecule has 0 unspecified atom stereocenters. The predicted octanol–water partition coefficient (Wildman–Crippen LogP) is 0.453. The van der Waals surface area contributed by atoms with Gasteiger partial charge in [0.2, 0.25) is 0 Å². The summed E-state index contributed by atoms with van der Waals surface area (Å²) in [6.45, 7) is 5.91. The quantitative estimate of drug-likeness (QED) is 0.591. The van der Waals surface area contributed by atoms with E-state index in [1.165, 1.54) is 0 Å². The van der Waals surface area contributed by atoms with Crippen molar-refractivity contribution in [3.8, 4) is 0 Å². The van der Waals surface area contributed by atoms with Gasteiger partial charge >= 0.3 is 0 Å². The average Bonchev–Trinajstić information content (AvgIpc) is 2.99. The van der Waals surface area contributed by atoms with E-state index < -0.39 is 17.1 Å². The first-order chi connectivity index (χ1) is 7.37. The number of aliphatic hydroxyl groups excluding tert-OH is 1. The molecule has 4 nitrogen and oxygen atoms in total. The third-order valence-electron chi connectivity index (χ3n) is 4.54. The van der Waals surface area contributed by atoms with E-state index in [-0.39, 0.29) is 24.4 Å². The predicted molar refractivity (Wildman–Crippen MR) is 57.0 cm³/mol. The minimum atomic E-state index is -0.903. The van der Waals surface area contributed by atoms with Gasteiger partial charge in [0.15, 0.2) is 0 Å². The summed E-state index contributed by atoms with van der Waals surface area (Å²) < 4.78 is 11.3. The van der Waals surface area contributed by atoms with Gasteiger partial charge in [-0.05, 0) is 19.8 Å². The fourth-order valence-electron chi connectivity index (χ4n) is 3.44. The fourth-order valence-corrected chi connectivity index (χ4v) is 3.44. The van der Waals surface area contributed by atoms with Crippen LogP contribution in [0.4, 0.5) is 0 Å². The highest BCUT2D eigenvalue weighted by molar-refractivity contribution is 5.20. The molecule has 2 N–H and O–H groups in total. The number of hydrogen-bond donors (Lipinski definition) is 2. The molecule has 2 saturated heterocycles. The number of epoxide rings is 1. The molecule has 3 rings (SSSR count). The maximum Gasteiger partial charge on any atom is 0.120 e. The van der Waals surface area contributed by atoms with E-state index in [0.29, 0.717) is 6.42 Å². The van der Waals surface area contributed by atoms with Gasteiger partial charge in [0.05, 0.1) is 18.3 Å². The van der Waals surface area contributed by atoms with Gasteiger partial charge in [-0.1, -0.05) is 13.8 Å². The van der Waals surface area contributed by atoms with Crippen LogP contribution >= 0.6 is 0 Å². The average molecular weight is 228 g/mol. The second-order valence-electron chi connectivity index (χ2n) is 6.14. The van der Waals surface area contributed by atoms with Crippen LogP contribution in [0.5, 0.6) is 0 Å². The van der Waals surface area contributed by atoms with Crippen molar-refractivity contribution in [3.63, 3.8) is 0 Å². The summed E-state index contributed by atoms with van der Waals surface area (Å²) in [4.78, 5) is 0. The van der Waals surface area contributed by atoms with Crippen LogP contribution in [0.2, 0.25) is 0 Å². The molecule has 1 aliphatic carbocycles. The smallest absolute Gasteiger partial charge is 0.120 e. The van der Waals surface area contributed by atoms with Crippen molar-refractivity contribution in [1.29, 1.82) is 0 Å². The second-order valence-corrected chi connectivity index (χ2v) is 6.14. The molecule has 3 fully saturated rings. The van der Waals surface area contributed by atoms with E-state index in [0.717, 1.165) is 6.42 Å². The van der Waals surface area contributed by atoms with Crippen LogP contribution in [0.1, 0.15) is 33.6 Å². The van der Waals surface area contributed by atoms with Gasteiger partial charge in [-0.2, -0.15) is 0 Å². The molecule has 0 aromatic rings. The molecule has 6 atom stereocenters. The summed E-state index contributed by atoms with van der Waals surface area (Å²) in [5, 5.41) is 20.9. The van der Waals surface area contributed by atoms with Crippen molar-refractivity contribution in [2.45, 2.75) is 69.7 Å². The third kappa shape index (κ3) is 1.19. The Morgan fingerprint density at radius 3 is 2.62 bits per heavy atom. The van der Waals surface area contributed by atoms with E-state index in [1.54, 1.807) is 0 Å². The molecular weight excluding hydrogens is 208 g/mol. The minimum Gasteiger partial charge on any atom is -0.390 e. The minimum absolute atomic E-state index is 0.145. The zero-order valence-electron chi connectivity index (χ0n) is 10.0. The van der Waals surface area contributed by atoms with E-state index in [4.69, 9.17) is 9.47 Å². The van der Waals surface area contributed by atoms with Crippen LogP contribution in [0.25, 0.3) is 0 Å². The number of fused-ring (bicyclic) bond motifs is 3. The maximum absolute atomic E-state index is 10.7. The summed E-state index contributed by atoms with van der Waals surface area (Å²) in [5.41, 5.74) is -1.36. The molecule has 1 saturated carbocycles. The van der Waals surface area contributed by atoms with Crippen LogP contribution in [0.15, 0.2) is 0 Å². The lowest BCUT2D eigenvalue weighted by Crippen LogP contribution is -2.66. The summed E-state index contributed by atoms with van der Waals surface area (Å²) in [5.74, 6) is 0. The number of rotatable bonds is 0. The fraction of sp³-hybridized carbons (Fsp3) is 1.00. The Hall–Kier alpha value is -0.160. The molecule has 0 spiro atoms. The Labute approximate surface area is 95.6 Å². The lowest BCUT2D eigenvalue weighted by molar-refractivity contribution is -0.242. The molecule has 92 valence electrons. The molecule has 0 aromatic carbocycles. The molecule has 16 heavy (non-hydrogen) atoms. The highest BCUT2D eigenvalue weighted by Crippen LogP contribution is 2.56. The standard InChI is InChI=1S/C12H20O4/c1-6-4-5-12(14)9-7(16-9)8(13)11(2,3)10(12)15-6/h6-10,13-14H,4-5H2,1-3H3/t6-,7+,8+,9+,10+,12+/m1/s1. The molecule has 3 aliphatic rings. The summed E-state index contributed by atoms with van der Waals surface area (Å²) in [7, 11) is 0. The highest BCUT2D eigenvalue weighted by atomic mass is 16.6. The number of hydrogen-bond acceptors (Lipinski definition) is 4. The van der Waals surface area contributed by atoms with E-state index in [1.807, 2.05) is 20.8 Å². The zero-order valence-corrected chi connectivity index (χ0v) is 10.0. The second kappa shape index (κ2) is 2.99. The zero-order chi connectivity index (χ0) is 11.7.